The first-order valence-corrected chi connectivity index (χ1v) is 12.5. The van der Waals surface area contributed by atoms with Gasteiger partial charge in [0, 0.05) is 11.3 Å². The summed E-state index contributed by atoms with van der Waals surface area (Å²) < 4.78 is 66.1. The summed E-state index contributed by atoms with van der Waals surface area (Å²) in [7, 11) is -3.09. The lowest BCUT2D eigenvalue weighted by atomic mass is 10.1. The standard InChI is InChI=1S/C26H26F2N2O6S/c1-26(2,3)36-25(32)29-23(24(31)35-4)17-6-5-7-19(14-17)30-37(33,34)20-12-13-21(22(28)15-20)16-8-10-18(27)11-9-16/h5-15,23,30H,1-4H3,(H,29,32)/t23-/m1/s1. The maximum atomic E-state index is 14.8. The van der Waals surface area contributed by atoms with Crippen LogP contribution in [0.1, 0.15) is 32.4 Å². The van der Waals surface area contributed by atoms with Crippen LogP contribution < -0.4 is 10.0 Å². The van der Waals surface area contributed by atoms with Crippen molar-refractivity contribution in [2.45, 2.75) is 37.3 Å². The van der Waals surface area contributed by atoms with Crippen molar-refractivity contribution in [3.63, 3.8) is 0 Å². The zero-order chi connectivity index (χ0) is 27.4. The van der Waals surface area contributed by atoms with E-state index in [0.29, 0.717) is 5.56 Å². The Kier molecular flexibility index (Phi) is 8.17. The average molecular weight is 533 g/mol. The SMILES string of the molecule is COC(=O)[C@H](NC(=O)OC(C)(C)C)c1cccc(NS(=O)(=O)c2ccc(-c3ccc(F)cc3)c(F)c2)c1. The summed E-state index contributed by atoms with van der Waals surface area (Å²) in [5, 5.41) is 2.41. The zero-order valence-corrected chi connectivity index (χ0v) is 21.4. The highest BCUT2D eigenvalue weighted by atomic mass is 32.2. The molecule has 0 unspecified atom stereocenters. The first kappa shape index (κ1) is 27.6. The molecule has 1 atom stereocenters. The van der Waals surface area contributed by atoms with Gasteiger partial charge in [-0.15, -0.1) is 0 Å². The molecule has 3 rings (SSSR count). The van der Waals surface area contributed by atoms with E-state index in [4.69, 9.17) is 9.47 Å². The lowest BCUT2D eigenvalue weighted by Crippen LogP contribution is -2.38. The van der Waals surface area contributed by atoms with Crippen LogP contribution in [0.3, 0.4) is 0 Å². The van der Waals surface area contributed by atoms with Gasteiger partial charge in [-0.1, -0.05) is 30.3 Å². The van der Waals surface area contributed by atoms with Gasteiger partial charge in [-0.05, 0) is 68.3 Å². The fraction of sp³-hybridized carbons (Fsp3) is 0.231. The number of nitrogens with one attached hydrogen (secondary N) is 2. The van der Waals surface area contributed by atoms with Crippen molar-refractivity contribution >= 4 is 27.8 Å². The molecule has 0 bridgehead atoms. The monoisotopic (exact) mass is 532 g/mol. The number of halogens is 2. The quantitative estimate of drug-likeness (QED) is 0.406. The minimum absolute atomic E-state index is 0.0559. The van der Waals surface area contributed by atoms with Gasteiger partial charge in [-0.2, -0.15) is 0 Å². The zero-order valence-electron chi connectivity index (χ0n) is 20.5. The molecule has 8 nitrogen and oxygen atoms in total. The predicted molar refractivity (Wildman–Crippen MR) is 133 cm³/mol. The molecule has 3 aromatic carbocycles. The van der Waals surface area contributed by atoms with Crippen LogP contribution in [0.25, 0.3) is 11.1 Å². The molecule has 196 valence electrons. The molecule has 1 amide bonds. The van der Waals surface area contributed by atoms with Crippen molar-refractivity contribution < 1.29 is 36.3 Å². The third kappa shape index (κ3) is 7.26. The summed E-state index contributed by atoms with van der Waals surface area (Å²) in [6.07, 6.45) is -0.870. The number of rotatable bonds is 7. The molecule has 0 aliphatic heterocycles. The number of ether oxygens (including phenoxy) is 2. The summed E-state index contributed by atoms with van der Waals surface area (Å²) in [5.74, 6) is -2.09. The molecule has 0 spiro atoms. The molecule has 11 heteroatoms. The Hall–Kier alpha value is -3.99. The van der Waals surface area contributed by atoms with E-state index < -0.39 is 45.4 Å². The average Bonchev–Trinajstić information content (AvgIpc) is 2.81. The summed E-state index contributed by atoms with van der Waals surface area (Å²) in [6, 6.07) is 12.9. The largest absolute Gasteiger partial charge is 0.467 e. The number of sulfonamides is 1. The number of carbonyl (C=O) groups is 2. The molecule has 0 aliphatic carbocycles. The van der Waals surface area contributed by atoms with E-state index in [0.717, 1.165) is 13.2 Å². The first-order chi connectivity index (χ1) is 17.3. The van der Waals surface area contributed by atoms with Crippen LogP contribution in [0.15, 0.2) is 71.6 Å². The van der Waals surface area contributed by atoms with E-state index in [1.165, 1.54) is 60.7 Å². The van der Waals surface area contributed by atoms with Gasteiger partial charge in [0.2, 0.25) is 0 Å². The summed E-state index contributed by atoms with van der Waals surface area (Å²) in [4.78, 5) is 24.2. The van der Waals surface area contributed by atoms with Gasteiger partial charge in [-0.3, -0.25) is 4.72 Å². The normalized spacial score (nSPS) is 12.4. The number of methoxy groups -OCH3 is 1. The van der Waals surface area contributed by atoms with Gasteiger partial charge < -0.3 is 14.8 Å². The molecule has 0 aromatic heterocycles. The number of esters is 1. The molecule has 0 saturated heterocycles. The van der Waals surface area contributed by atoms with Crippen molar-refractivity contribution in [3.8, 4) is 11.1 Å². The van der Waals surface area contributed by atoms with Crippen LogP contribution >= 0.6 is 0 Å². The third-order valence-electron chi connectivity index (χ3n) is 4.98. The van der Waals surface area contributed by atoms with E-state index in [2.05, 4.69) is 10.0 Å². The minimum atomic E-state index is -4.24. The number of amides is 1. The lowest BCUT2D eigenvalue weighted by Gasteiger charge is -2.23. The Labute approximate surface area is 213 Å². The second-order valence-corrected chi connectivity index (χ2v) is 10.7. The highest BCUT2D eigenvalue weighted by molar-refractivity contribution is 7.92. The Morgan fingerprint density at radius 2 is 1.62 bits per heavy atom. The van der Waals surface area contributed by atoms with E-state index in [9.17, 15) is 26.8 Å². The van der Waals surface area contributed by atoms with E-state index >= 15 is 0 Å². The second kappa shape index (κ2) is 11.0. The van der Waals surface area contributed by atoms with E-state index in [1.54, 1.807) is 20.8 Å². The first-order valence-electron chi connectivity index (χ1n) is 11.0. The van der Waals surface area contributed by atoms with Crippen molar-refractivity contribution in [3.05, 3.63) is 83.9 Å². The molecule has 0 heterocycles. The molecule has 0 fully saturated rings. The Balaban J connectivity index is 1.85. The van der Waals surface area contributed by atoms with E-state index in [-0.39, 0.29) is 21.7 Å². The smallest absolute Gasteiger partial charge is 0.408 e. The third-order valence-corrected chi connectivity index (χ3v) is 6.36. The topological polar surface area (TPSA) is 111 Å². The summed E-state index contributed by atoms with van der Waals surface area (Å²) in [5.41, 5.74) is -0.0508. The predicted octanol–water partition coefficient (Wildman–Crippen LogP) is 5.17. The Morgan fingerprint density at radius 3 is 2.22 bits per heavy atom. The molecule has 0 radical (unpaired) electrons. The van der Waals surface area contributed by atoms with Crippen LogP contribution in [-0.4, -0.2) is 33.2 Å². The van der Waals surface area contributed by atoms with Crippen molar-refractivity contribution in [2.24, 2.45) is 0 Å². The Morgan fingerprint density at radius 1 is 0.946 bits per heavy atom. The molecular weight excluding hydrogens is 506 g/mol. The van der Waals surface area contributed by atoms with Gasteiger partial charge in [0.25, 0.3) is 10.0 Å². The number of anilines is 1. The number of carbonyl (C=O) groups excluding carboxylic acids is 2. The maximum absolute atomic E-state index is 14.8. The van der Waals surface area contributed by atoms with Gasteiger partial charge in [0.1, 0.15) is 17.2 Å². The highest BCUT2D eigenvalue weighted by Crippen LogP contribution is 2.27. The molecule has 37 heavy (non-hydrogen) atoms. The fourth-order valence-electron chi connectivity index (χ4n) is 3.34. The van der Waals surface area contributed by atoms with Crippen LogP contribution in [0, 0.1) is 11.6 Å². The van der Waals surface area contributed by atoms with Crippen molar-refractivity contribution in [2.75, 3.05) is 11.8 Å². The van der Waals surface area contributed by atoms with Gasteiger partial charge in [-0.25, -0.2) is 26.8 Å². The fourth-order valence-corrected chi connectivity index (χ4v) is 4.40. The van der Waals surface area contributed by atoms with Crippen LogP contribution in [0.4, 0.5) is 19.3 Å². The Bertz CT molecular complexity index is 1400. The summed E-state index contributed by atoms with van der Waals surface area (Å²) >= 11 is 0. The van der Waals surface area contributed by atoms with Gasteiger partial charge in [0.15, 0.2) is 6.04 Å². The van der Waals surface area contributed by atoms with E-state index in [1.807, 2.05) is 0 Å². The molecule has 0 aliphatic rings. The maximum Gasteiger partial charge on any atom is 0.408 e. The number of alkyl carbamates (subject to hydrolysis) is 1. The highest BCUT2D eigenvalue weighted by Gasteiger charge is 2.27. The van der Waals surface area contributed by atoms with Crippen molar-refractivity contribution in [1.29, 1.82) is 0 Å². The minimum Gasteiger partial charge on any atom is -0.467 e. The van der Waals surface area contributed by atoms with Gasteiger partial charge in [0.05, 0.1) is 12.0 Å². The number of hydrogen-bond acceptors (Lipinski definition) is 6. The summed E-state index contributed by atoms with van der Waals surface area (Å²) in [6.45, 7) is 4.97. The van der Waals surface area contributed by atoms with Crippen LogP contribution in [0.5, 0.6) is 0 Å². The molecule has 0 saturated carbocycles. The van der Waals surface area contributed by atoms with Crippen LogP contribution in [0.2, 0.25) is 0 Å². The number of hydrogen-bond donors (Lipinski definition) is 2. The number of benzene rings is 3. The second-order valence-electron chi connectivity index (χ2n) is 8.98. The van der Waals surface area contributed by atoms with Crippen molar-refractivity contribution in [1.82, 2.24) is 5.32 Å². The lowest BCUT2D eigenvalue weighted by molar-refractivity contribution is -0.143. The van der Waals surface area contributed by atoms with Crippen LogP contribution in [-0.2, 0) is 24.3 Å². The molecular formula is C26H26F2N2O6S. The van der Waals surface area contributed by atoms with Gasteiger partial charge >= 0.3 is 12.1 Å². The molecule has 3 aromatic rings. The molecule has 2 N–H and O–H groups in total.